The highest BCUT2D eigenvalue weighted by atomic mass is 127. The van der Waals surface area contributed by atoms with Crippen LogP contribution in [0.5, 0.6) is 0 Å². The van der Waals surface area contributed by atoms with E-state index in [1.165, 1.54) is 0 Å². The van der Waals surface area contributed by atoms with E-state index in [0.717, 1.165) is 5.69 Å². The Morgan fingerprint density at radius 3 is 2.67 bits per heavy atom. The summed E-state index contributed by atoms with van der Waals surface area (Å²) in [6, 6.07) is 15.1. The molecule has 0 aliphatic rings. The predicted molar refractivity (Wildman–Crippen MR) is 103 cm³/mol. The first-order chi connectivity index (χ1) is 11.3. The van der Waals surface area contributed by atoms with E-state index in [-0.39, 0.29) is 24.0 Å². The van der Waals surface area contributed by atoms with Crippen LogP contribution in [0.2, 0.25) is 0 Å². The molecule has 0 spiro atoms. The van der Waals surface area contributed by atoms with Crippen LogP contribution in [-0.4, -0.2) is 27.6 Å². The molecular formula is C16H17IN6O. The van der Waals surface area contributed by atoms with Gasteiger partial charge in [-0.15, -0.1) is 24.0 Å². The number of aromatic nitrogens is 3. The average Bonchev–Trinajstić information content (AvgIpc) is 3.05. The zero-order chi connectivity index (χ0) is 15.9. The Labute approximate surface area is 156 Å². The van der Waals surface area contributed by atoms with Crippen LogP contribution in [0.25, 0.3) is 11.6 Å². The molecule has 3 aromatic rings. The van der Waals surface area contributed by atoms with Crippen molar-refractivity contribution in [3.63, 3.8) is 0 Å². The predicted octanol–water partition coefficient (Wildman–Crippen LogP) is 2.72. The third-order valence-corrected chi connectivity index (χ3v) is 3.02. The fourth-order valence-electron chi connectivity index (χ4n) is 1.93. The molecule has 2 aromatic heterocycles. The van der Waals surface area contributed by atoms with Gasteiger partial charge in [-0.3, -0.25) is 9.98 Å². The van der Waals surface area contributed by atoms with Gasteiger partial charge in [-0.2, -0.15) is 4.98 Å². The summed E-state index contributed by atoms with van der Waals surface area (Å²) >= 11 is 0. The third kappa shape index (κ3) is 5.01. The highest BCUT2D eigenvalue weighted by Crippen LogP contribution is 2.13. The van der Waals surface area contributed by atoms with Crippen LogP contribution >= 0.6 is 24.0 Å². The standard InChI is InChI=1S/C16H16N6O.HI/c17-16(20-12-6-2-1-3-7-12)19-11-9-14-21-15(23-22-14)13-8-4-5-10-18-13;/h1-8,10H,9,11H2,(H3,17,19,20);1H. The molecule has 0 saturated carbocycles. The van der Waals surface area contributed by atoms with Crippen molar-refractivity contribution < 1.29 is 4.52 Å². The molecular weight excluding hydrogens is 419 g/mol. The number of nitrogens with one attached hydrogen (secondary N) is 1. The summed E-state index contributed by atoms with van der Waals surface area (Å²) in [6.07, 6.45) is 2.22. The van der Waals surface area contributed by atoms with Crippen molar-refractivity contribution in [2.24, 2.45) is 10.7 Å². The minimum atomic E-state index is 0. The molecule has 3 rings (SSSR count). The molecule has 0 saturated heterocycles. The highest BCUT2D eigenvalue weighted by Gasteiger charge is 2.08. The number of hydrogen-bond acceptors (Lipinski definition) is 5. The maximum Gasteiger partial charge on any atom is 0.276 e. The van der Waals surface area contributed by atoms with Crippen LogP contribution in [0.1, 0.15) is 5.82 Å². The average molecular weight is 436 g/mol. The van der Waals surface area contributed by atoms with E-state index in [1.54, 1.807) is 6.20 Å². The third-order valence-electron chi connectivity index (χ3n) is 3.02. The maximum atomic E-state index is 5.83. The van der Waals surface area contributed by atoms with Crippen molar-refractivity contribution >= 4 is 35.6 Å². The van der Waals surface area contributed by atoms with Gasteiger partial charge in [-0.1, -0.05) is 29.4 Å². The van der Waals surface area contributed by atoms with Gasteiger partial charge in [0, 0.05) is 24.8 Å². The summed E-state index contributed by atoms with van der Waals surface area (Å²) in [5, 5.41) is 6.93. The Bertz CT molecular complexity index is 776. The normalized spacial score (nSPS) is 10.9. The lowest BCUT2D eigenvalue weighted by Gasteiger charge is -2.04. The molecule has 1 aromatic carbocycles. The van der Waals surface area contributed by atoms with Gasteiger partial charge in [-0.25, -0.2) is 0 Å². The molecule has 7 nitrogen and oxygen atoms in total. The Morgan fingerprint density at radius 1 is 1.12 bits per heavy atom. The van der Waals surface area contributed by atoms with Crippen LogP contribution in [-0.2, 0) is 6.42 Å². The molecule has 8 heteroatoms. The largest absolute Gasteiger partial charge is 0.370 e. The number of para-hydroxylation sites is 1. The Hall–Kier alpha value is -2.49. The number of guanidine groups is 1. The van der Waals surface area contributed by atoms with E-state index in [1.807, 2.05) is 48.5 Å². The van der Waals surface area contributed by atoms with Gasteiger partial charge >= 0.3 is 0 Å². The highest BCUT2D eigenvalue weighted by molar-refractivity contribution is 14.0. The van der Waals surface area contributed by atoms with Gasteiger partial charge in [0.15, 0.2) is 11.8 Å². The lowest BCUT2D eigenvalue weighted by atomic mass is 10.3. The monoisotopic (exact) mass is 436 g/mol. The van der Waals surface area contributed by atoms with Gasteiger partial charge in [0.2, 0.25) is 0 Å². The van der Waals surface area contributed by atoms with E-state index in [0.29, 0.717) is 36.3 Å². The summed E-state index contributed by atoms with van der Waals surface area (Å²) in [4.78, 5) is 12.7. The Morgan fingerprint density at radius 2 is 1.92 bits per heavy atom. The van der Waals surface area contributed by atoms with Gasteiger partial charge < -0.3 is 15.6 Å². The van der Waals surface area contributed by atoms with Gasteiger partial charge in [0.05, 0.1) is 0 Å². The summed E-state index contributed by atoms with van der Waals surface area (Å²) < 4.78 is 5.18. The van der Waals surface area contributed by atoms with Crippen LogP contribution in [0.15, 0.2) is 64.2 Å². The Balaban J connectivity index is 0.00000208. The van der Waals surface area contributed by atoms with Crippen molar-refractivity contribution in [3.8, 4) is 11.6 Å². The number of pyridine rings is 1. The lowest BCUT2D eigenvalue weighted by molar-refractivity contribution is 0.421. The molecule has 0 fully saturated rings. The number of halogens is 1. The van der Waals surface area contributed by atoms with Crippen LogP contribution in [0, 0.1) is 0 Å². The molecule has 0 bridgehead atoms. The first-order valence-corrected chi connectivity index (χ1v) is 7.17. The second kappa shape index (κ2) is 8.96. The van der Waals surface area contributed by atoms with E-state index in [4.69, 9.17) is 10.3 Å². The second-order valence-corrected chi connectivity index (χ2v) is 4.74. The number of rotatable bonds is 5. The van der Waals surface area contributed by atoms with Crippen LogP contribution < -0.4 is 11.1 Å². The number of nitrogens with two attached hydrogens (primary N) is 1. The lowest BCUT2D eigenvalue weighted by Crippen LogP contribution is -2.23. The fraction of sp³-hybridized carbons (Fsp3) is 0.125. The molecule has 0 atom stereocenters. The quantitative estimate of drug-likeness (QED) is 0.362. The molecule has 2 heterocycles. The van der Waals surface area contributed by atoms with Gasteiger partial charge in [0.25, 0.3) is 5.89 Å². The Kier molecular flexibility index (Phi) is 6.67. The molecule has 0 aliphatic heterocycles. The van der Waals surface area contributed by atoms with E-state index < -0.39 is 0 Å². The first-order valence-electron chi connectivity index (χ1n) is 7.17. The number of nitrogens with zero attached hydrogens (tertiary/aromatic N) is 4. The van der Waals surface area contributed by atoms with Crippen molar-refractivity contribution in [3.05, 3.63) is 60.6 Å². The van der Waals surface area contributed by atoms with Gasteiger partial charge in [-0.05, 0) is 24.3 Å². The van der Waals surface area contributed by atoms with Crippen LogP contribution in [0.4, 0.5) is 5.69 Å². The zero-order valence-electron chi connectivity index (χ0n) is 12.8. The smallest absolute Gasteiger partial charge is 0.276 e. The van der Waals surface area contributed by atoms with Crippen molar-refractivity contribution in [2.45, 2.75) is 6.42 Å². The van der Waals surface area contributed by atoms with Crippen molar-refractivity contribution in [1.82, 2.24) is 15.1 Å². The number of anilines is 1. The zero-order valence-corrected chi connectivity index (χ0v) is 15.1. The molecule has 24 heavy (non-hydrogen) atoms. The van der Waals surface area contributed by atoms with Crippen molar-refractivity contribution in [2.75, 3.05) is 11.9 Å². The molecule has 0 unspecified atom stereocenters. The van der Waals surface area contributed by atoms with Crippen LogP contribution in [0.3, 0.4) is 0 Å². The molecule has 3 N–H and O–H groups in total. The summed E-state index contributed by atoms with van der Waals surface area (Å²) in [5.74, 6) is 1.33. The summed E-state index contributed by atoms with van der Waals surface area (Å²) in [5.41, 5.74) is 7.38. The minimum absolute atomic E-state index is 0. The molecule has 124 valence electrons. The minimum Gasteiger partial charge on any atom is -0.370 e. The van der Waals surface area contributed by atoms with E-state index in [2.05, 4.69) is 25.4 Å². The maximum absolute atomic E-state index is 5.83. The SMILES string of the molecule is I.NC(=NCCc1noc(-c2ccccn2)n1)Nc1ccccc1. The topological polar surface area (TPSA) is 102 Å². The second-order valence-electron chi connectivity index (χ2n) is 4.74. The summed E-state index contributed by atoms with van der Waals surface area (Å²) in [7, 11) is 0. The van der Waals surface area contributed by atoms with Gasteiger partial charge in [0.1, 0.15) is 5.69 Å². The number of hydrogen-bond donors (Lipinski definition) is 2. The summed E-state index contributed by atoms with van der Waals surface area (Å²) in [6.45, 7) is 0.465. The van der Waals surface area contributed by atoms with E-state index in [9.17, 15) is 0 Å². The number of benzene rings is 1. The number of aliphatic imine (C=N–C) groups is 1. The van der Waals surface area contributed by atoms with E-state index >= 15 is 0 Å². The molecule has 0 radical (unpaired) electrons. The molecule has 0 aliphatic carbocycles. The molecule has 0 amide bonds. The van der Waals surface area contributed by atoms with Crippen molar-refractivity contribution in [1.29, 1.82) is 0 Å². The fourth-order valence-corrected chi connectivity index (χ4v) is 1.93. The first kappa shape index (κ1) is 17.9.